The van der Waals surface area contributed by atoms with Gasteiger partial charge in [0.2, 0.25) is 5.91 Å². The zero-order valence-electron chi connectivity index (χ0n) is 16.1. The van der Waals surface area contributed by atoms with Gasteiger partial charge in [-0.2, -0.15) is 0 Å². The summed E-state index contributed by atoms with van der Waals surface area (Å²) < 4.78 is 5.20. The van der Waals surface area contributed by atoms with Gasteiger partial charge in [-0.3, -0.25) is 4.79 Å². The number of methoxy groups -OCH3 is 1. The lowest BCUT2D eigenvalue weighted by atomic mass is 9.86. The van der Waals surface area contributed by atoms with Crippen molar-refractivity contribution in [3.05, 3.63) is 24.3 Å². The van der Waals surface area contributed by atoms with Crippen LogP contribution in [0.1, 0.15) is 44.9 Å². The minimum Gasteiger partial charge on any atom is -0.497 e. The van der Waals surface area contributed by atoms with Gasteiger partial charge >= 0.3 is 6.03 Å². The monoisotopic (exact) mass is 371 g/mol. The topological polar surface area (TPSA) is 61.9 Å². The average Bonchev–Trinajstić information content (AvgIpc) is 3.25. The number of nitrogens with one attached hydrogen (secondary N) is 1. The van der Waals surface area contributed by atoms with Gasteiger partial charge in [0.15, 0.2) is 0 Å². The fourth-order valence-corrected chi connectivity index (χ4v) is 4.79. The molecule has 0 radical (unpaired) electrons. The number of anilines is 1. The molecule has 0 bridgehead atoms. The quantitative estimate of drug-likeness (QED) is 0.888. The standard InChI is InChI=1S/C21H29N3O3/c1-27-18-9-7-17(8-10-18)24-15-21(13-19(24)25)11-12-23(14-21)20(26)22-16-5-3-2-4-6-16/h7-10,16H,2-6,11-15H2,1H3,(H,22,26). The molecule has 1 aromatic carbocycles. The summed E-state index contributed by atoms with van der Waals surface area (Å²) in [5.41, 5.74) is 0.795. The van der Waals surface area contributed by atoms with E-state index < -0.39 is 0 Å². The molecular weight excluding hydrogens is 342 g/mol. The fraction of sp³-hybridized carbons (Fsp3) is 0.619. The zero-order valence-corrected chi connectivity index (χ0v) is 16.1. The average molecular weight is 371 g/mol. The molecule has 1 N–H and O–H groups in total. The number of rotatable bonds is 3. The van der Waals surface area contributed by atoms with Crippen LogP contribution in [0.4, 0.5) is 10.5 Å². The molecule has 1 spiro atoms. The van der Waals surface area contributed by atoms with E-state index in [1.807, 2.05) is 34.1 Å². The minimum absolute atomic E-state index is 0.0501. The van der Waals surface area contributed by atoms with Gasteiger partial charge in [-0.05, 0) is 43.5 Å². The van der Waals surface area contributed by atoms with Crippen molar-refractivity contribution in [2.45, 2.75) is 51.0 Å². The van der Waals surface area contributed by atoms with Gasteiger partial charge < -0.3 is 19.9 Å². The number of carbonyl (C=O) groups excluding carboxylic acids is 2. The molecular formula is C21H29N3O3. The summed E-state index contributed by atoms with van der Waals surface area (Å²) in [6, 6.07) is 7.99. The number of benzene rings is 1. The van der Waals surface area contributed by atoms with Crippen LogP contribution in [0.5, 0.6) is 5.75 Å². The molecule has 146 valence electrons. The van der Waals surface area contributed by atoms with Gasteiger partial charge in [0.05, 0.1) is 7.11 Å². The Morgan fingerprint density at radius 3 is 2.59 bits per heavy atom. The van der Waals surface area contributed by atoms with E-state index in [1.165, 1.54) is 19.3 Å². The maximum Gasteiger partial charge on any atom is 0.317 e. The van der Waals surface area contributed by atoms with Crippen molar-refractivity contribution >= 4 is 17.6 Å². The first-order valence-corrected chi connectivity index (χ1v) is 10.1. The van der Waals surface area contributed by atoms with Crippen LogP contribution in [-0.2, 0) is 4.79 Å². The zero-order chi connectivity index (χ0) is 18.9. The van der Waals surface area contributed by atoms with E-state index in [1.54, 1.807) is 7.11 Å². The van der Waals surface area contributed by atoms with Crippen LogP contribution in [0.15, 0.2) is 24.3 Å². The van der Waals surface area contributed by atoms with E-state index in [4.69, 9.17) is 4.74 Å². The van der Waals surface area contributed by atoms with Crippen molar-refractivity contribution < 1.29 is 14.3 Å². The van der Waals surface area contributed by atoms with Crippen LogP contribution in [0, 0.1) is 5.41 Å². The Hall–Kier alpha value is -2.24. The molecule has 0 aromatic heterocycles. The molecule has 1 unspecified atom stereocenters. The van der Waals surface area contributed by atoms with Crippen LogP contribution in [0.3, 0.4) is 0 Å². The Balaban J connectivity index is 1.38. The minimum atomic E-state index is -0.110. The Labute approximate surface area is 160 Å². The van der Waals surface area contributed by atoms with E-state index in [-0.39, 0.29) is 17.4 Å². The SMILES string of the molecule is COc1ccc(N2CC3(CCN(C(=O)NC4CCCCC4)C3)CC2=O)cc1. The van der Waals surface area contributed by atoms with Crippen LogP contribution in [0.2, 0.25) is 0 Å². The van der Waals surface area contributed by atoms with Gasteiger partial charge in [-0.25, -0.2) is 4.79 Å². The summed E-state index contributed by atoms with van der Waals surface area (Å²) in [7, 11) is 1.64. The second kappa shape index (κ2) is 7.41. The molecule has 1 atom stereocenters. The third-order valence-electron chi connectivity index (χ3n) is 6.36. The third-order valence-corrected chi connectivity index (χ3v) is 6.36. The van der Waals surface area contributed by atoms with Crippen LogP contribution >= 0.6 is 0 Å². The molecule has 1 aliphatic carbocycles. The Morgan fingerprint density at radius 1 is 1.15 bits per heavy atom. The third kappa shape index (κ3) is 3.75. The van der Waals surface area contributed by atoms with Crippen molar-refractivity contribution in [1.29, 1.82) is 0 Å². The van der Waals surface area contributed by atoms with Gasteiger partial charge in [0, 0.05) is 43.2 Å². The summed E-state index contributed by atoms with van der Waals surface area (Å²) in [5.74, 6) is 0.932. The highest BCUT2D eigenvalue weighted by atomic mass is 16.5. The Morgan fingerprint density at radius 2 is 1.89 bits per heavy atom. The molecule has 1 saturated carbocycles. The molecule has 2 heterocycles. The number of urea groups is 1. The molecule has 6 heteroatoms. The van der Waals surface area contributed by atoms with Crippen molar-refractivity contribution in [3.8, 4) is 5.75 Å². The number of amides is 3. The van der Waals surface area contributed by atoms with Gasteiger partial charge in [0.1, 0.15) is 5.75 Å². The lowest BCUT2D eigenvalue weighted by Crippen LogP contribution is -2.45. The summed E-state index contributed by atoms with van der Waals surface area (Å²) in [5, 5.41) is 3.21. The highest BCUT2D eigenvalue weighted by molar-refractivity contribution is 5.96. The predicted octanol–water partition coefficient (Wildman–Crippen LogP) is 3.17. The van der Waals surface area contributed by atoms with Gasteiger partial charge in [-0.15, -0.1) is 0 Å². The molecule has 27 heavy (non-hydrogen) atoms. The number of hydrogen-bond acceptors (Lipinski definition) is 3. The summed E-state index contributed by atoms with van der Waals surface area (Å²) in [4.78, 5) is 29.1. The molecule has 3 aliphatic rings. The first-order chi connectivity index (χ1) is 13.1. The molecule has 4 rings (SSSR count). The van der Waals surface area contributed by atoms with Crippen LogP contribution < -0.4 is 15.0 Å². The summed E-state index contributed by atoms with van der Waals surface area (Å²) in [6.45, 7) is 2.09. The molecule has 1 aromatic rings. The van der Waals surface area contributed by atoms with E-state index in [2.05, 4.69) is 5.32 Å². The fourth-order valence-electron chi connectivity index (χ4n) is 4.79. The maximum atomic E-state index is 12.7. The second-order valence-corrected chi connectivity index (χ2v) is 8.31. The molecule has 3 fully saturated rings. The van der Waals surface area contributed by atoms with Gasteiger partial charge in [-0.1, -0.05) is 19.3 Å². The lowest BCUT2D eigenvalue weighted by Gasteiger charge is -2.27. The smallest absolute Gasteiger partial charge is 0.317 e. The molecule has 2 aliphatic heterocycles. The summed E-state index contributed by atoms with van der Waals surface area (Å²) in [6.07, 6.45) is 7.29. The highest BCUT2D eigenvalue weighted by Crippen LogP contribution is 2.42. The maximum absolute atomic E-state index is 12.7. The number of hydrogen-bond donors (Lipinski definition) is 1. The molecule has 3 amide bonds. The first kappa shape index (κ1) is 18.1. The van der Waals surface area contributed by atoms with E-state index in [0.717, 1.165) is 37.2 Å². The van der Waals surface area contributed by atoms with Crippen LogP contribution in [0.25, 0.3) is 0 Å². The normalized spacial score (nSPS) is 26.0. The Bertz CT molecular complexity index is 699. The second-order valence-electron chi connectivity index (χ2n) is 8.31. The molecule has 2 saturated heterocycles. The Kier molecular flexibility index (Phi) is 4.98. The first-order valence-electron chi connectivity index (χ1n) is 10.1. The van der Waals surface area contributed by atoms with Crippen molar-refractivity contribution in [2.75, 3.05) is 31.6 Å². The van der Waals surface area contributed by atoms with E-state index >= 15 is 0 Å². The lowest BCUT2D eigenvalue weighted by molar-refractivity contribution is -0.117. The van der Waals surface area contributed by atoms with Crippen molar-refractivity contribution in [1.82, 2.24) is 10.2 Å². The molecule has 6 nitrogen and oxygen atoms in total. The number of likely N-dealkylation sites (tertiary alicyclic amines) is 1. The highest BCUT2D eigenvalue weighted by Gasteiger charge is 2.48. The largest absolute Gasteiger partial charge is 0.497 e. The van der Waals surface area contributed by atoms with Gasteiger partial charge in [0.25, 0.3) is 0 Å². The van der Waals surface area contributed by atoms with E-state index in [0.29, 0.717) is 25.6 Å². The van der Waals surface area contributed by atoms with Crippen LogP contribution in [-0.4, -0.2) is 49.6 Å². The van der Waals surface area contributed by atoms with Crippen molar-refractivity contribution in [2.24, 2.45) is 5.41 Å². The number of carbonyl (C=O) groups is 2. The predicted molar refractivity (Wildman–Crippen MR) is 104 cm³/mol. The number of nitrogens with zero attached hydrogens (tertiary/aromatic N) is 2. The number of ether oxygens (including phenoxy) is 1. The van der Waals surface area contributed by atoms with E-state index in [9.17, 15) is 9.59 Å². The van der Waals surface area contributed by atoms with Crippen molar-refractivity contribution in [3.63, 3.8) is 0 Å². The summed E-state index contributed by atoms with van der Waals surface area (Å²) >= 11 is 0.